The van der Waals surface area contributed by atoms with Crippen LogP contribution in [-0.2, 0) is 23.9 Å². The van der Waals surface area contributed by atoms with Crippen molar-refractivity contribution in [2.75, 3.05) is 39.5 Å². The van der Waals surface area contributed by atoms with E-state index in [1.807, 2.05) is 57.2 Å². The molecule has 0 spiro atoms. The second-order valence-electron chi connectivity index (χ2n) is 16.0. The largest absolute Gasteiger partial charge is 0.491 e. The predicted octanol–water partition coefficient (Wildman–Crippen LogP) is 7.16. The van der Waals surface area contributed by atoms with Gasteiger partial charge in [-0.2, -0.15) is 0 Å². The third-order valence-electron chi connectivity index (χ3n) is 9.14. The number of pyridine rings is 1. The summed E-state index contributed by atoms with van der Waals surface area (Å²) in [6.07, 6.45) is 10.8. The van der Waals surface area contributed by atoms with Crippen LogP contribution in [0.5, 0.6) is 5.75 Å². The number of ether oxygens (including phenoxy) is 3. The minimum absolute atomic E-state index is 0.0154. The Hall–Kier alpha value is -4.48. The maximum absolute atomic E-state index is 13.8. The van der Waals surface area contributed by atoms with Gasteiger partial charge >= 0.3 is 12.1 Å². The summed E-state index contributed by atoms with van der Waals surface area (Å²) >= 11 is 0. The highest BCUT2D eigenvalue weighted by Gasteiger charge is 2.32. The molecule has 53 heavy (non-hydrogen) atoms. The quantitative estimate of drug-likeness (QED) is 0.215. The molecule has 1 aromatic carbocycles. The van der Waals surface area contributed by atoms with Gasteiger partial charge in [0, 0.05) is 45.0 Å². The van der Waals surface area contributed by atoms with Gasteiger partial charge < -0.3 is 29.3 Å². The fourth-order valence-electron chi connectivity index (χ4n) is 6.54. The van der Waals surface area contributed by atoms with E-state index in [-0.39, 0.29) is 30.9 Å². The Kier molecular flexibility index (Phi) is 14.8. The van der Waals surface area contributed by atoms with Gasteiger partial charge in [-0.25, -0.2) is 9.18 Å². The minimum atomic E-state index is -0.701. The van der Waals surface area contributed by atoms with Crippen LogP contribution < -0.4 is 10.1 Å². The maximum Gasteiger partial charge on any atom is 0.410 e. The van der Waals surface area contributed by atoms with Crippen molar-refractivity contribution in [1.82, 2.24) is 20.1 Å². The number of hydrogen-bond donors (Lipinski definition) is 1. The third-order valence-corrected chi connectivity index (χ3v) is 9.14. The van der Waals surface area contributed by atoms with E-state index in [1.165, 1.54) is 0 Å². The molecular weight excluding hydrogens is 679 g/mol. The molecule has 0 aliphatic carbocycles. The summed E-state index contributed by atoms with van der Waals surface area (Å²) in [6, 6.07) is 8.47. The number of carbonyl (C=O) groups excluding carboxylic acids is 4. The van der Waals surface area contributed by atoms with Gasteiger partial charge in [0.15, 0.2) is 0 Å². The van der Waals surface area contributed by atoms with E-state index in [4.69, 9.17) is 14.2 Å². The van der Waals surface area contributed by atoms with Crippen LogP contribution in [0, 0.1) is 11.8 Å². The molecule has 4 rings (SSSR count). The number of amides is 3. The third kappa shape index (κ3) is 14.1. The first kappa shape index (κ1) is 41.3. The summed E-state index contributed by atoms with van der Waals surface area (Å²) in [5.41, 5.74) is 1.02. The lowest BCUT2D eigenvalue weighted by molar-refractivity contribution is -0.155. The van der Waals surface area contributed by atoms with E-state index in [0.29, 0.717) is 62.7 Å². The molecule has 12 heteroatoms. The van der Waals surface area contributed by atoms with E-state index in [9.17, 15) is 23.6 Å². The maximum atomic E-state index is 13.8. The van der Waals surface area contributed by atoms with Crippen molar-refractivity contribution < 1.29 is 37.8 Å². The molecule has 3 heterocycles. The monoisotopic (exact) mass is 736 g/mol. The number of alkyl halides is 1. The normalized spacial score (nSPS) is 17.7. The summed E-state index contributed by atoms with van der Waals surface area (Å²) < 4.78 is 29.1. The molecule has 290 valence electrons. The fourth-order valence-corrected chi connectivity index (χ4v) is 6.54. The molecule has 2 fully saturated rings. The van der Waals surface area contributed by atoms with Crippen LogP contribution in [0.1, 0.15) is 109 Å². The van der Waals surface area contributed by atoms with Crippen LogP contribution in [-0.4, -0.2) is 89.3 Å². The lowest BCUT2D eigenvalue weighted by Gasteiger charge is -2.35. The highest BCUT2D eigenvalue weighted by Crippen LogP contribution is 2.27. The van der Waals surface area contributed by atoms with Gasteiger partial charge in [-0.1, -0.05) is 24.3 Å². The van der Waals surface area contributed by atoms with Crippen LogP contribution in [0.25, 0.3) is 12.2 Å². The molecule has 11 nitrogen and oxygen atoms in total. The van der Waals surface area contributed by atoms with Gasteiger partial charge in [0.25, 0.3) is 0 Å². The number of hydrogen-bond acceptors (Lipinski definition) is 8. The zero-order valence-corrected chi connectivity index (χ0v) is 32.2. The topological polar surface area (TPSA) is 127 Å². The van der Waals surface area contributed by atoms with E-state index in [0.717, 1.165) is 30.4 Å². The number of carbonyl (C=O) groups is 4. The molecule has 3 amide bonds. The second-order valence-corrected chi connectivity index (χ2v) is 16.0. The van der Waals surface area contributed by atoms with Crippen LogP contribution >= 0.6 is 0 Å². The van der Waals surface area contributed by atoms with E-state index in [1.54, 1.807) is 49.0 Å². The highest BCUT2D eigenvalue weighted by atomic mass is 19.1. The summed E-state index contributed by atoms with van der Waals surface area (Å²) in [7, 11) is 0. The lowest BCUT2D eigenvalue weighted by Crippen LogP contribution is -2.46. The number of aromatic nitrogens is 1. The molecule has 2 saturated heterocycles. The number of nitrogens with one attached hydrogen (secondary N) is 1. The Morgan fingerprint density at radius 3 is 2.34 bits per heavy atom. The lowest BCUT2D eigenvalue weighted by atomic mass is 9.91. The van der Waals surface area contributed by atoms with E-state index in [2.05, 4.69) is 10.3 Å². The van der Waals surface area contributed by atoms with Crippen molar-refractivity contribution in [3.63, 3.8) is 0 Å². The smallest absolute Gasteiger partial charge is 0.410 e. The van der Waals surface area contributed by atoms with Gasteiger partial charge in [0.2, 0.25) is 11.8 Å². The molecular formula is C41H57FN4O7. The number of halogens is 1. The fraction of sp³-hybridized carbons (Fsp3) is 0.585. The zero-order chi connectivity index (χ0) is 38.6. The Labute approximate surface area is 313 Å². The minimum Gasteiger partial charge on any atom is -0.491 e. The summed E-state index contributed by atoms with van der Waals surface area (Å²) in [5, 5.41) is 3.09. The van der Waals surface area contributed by atoms with Crippen molar-refractivity contribution in [3.05, 3.63) is 59.4 Å². The predicted molar refractivity (Wildman–Crippen MR) is 201 cm³/mol. The first-order valence-corrected chi connectivity index (χ1v) is 18.8. The Bertz CT molecular complexity index is 1580. The molecule has 0 saturated carbocycles. The SMILES string of the molecule is CC(C)(C)OC(=O)C[C@H](NC(=O)[C@@H]1CCCN(C(=O)CCC2CCN(C(=O)OC(C)(C)C)CC2)C1)c1cncc(C=Cc2cccc(OCCF)c2)c1. The Morgan fingerprint density at radius 2 is 1.64 bits per heavy atom. The van der Waals surface area contributed by atoms with Crippen molar-refractivity contribution in [3.8, 4) is 5.75 Å². The average Bonchev–Trinajstić information content (AvgIpc) is 3.11. The van der Waals surface area contributed by atoms with Crippen molar-refractivity contribution >= 4 is 36.0 Å². The van der Waals surface area contributed by atoms with Crippen LogP contribution in [0.15, 0.2) is 42.7 Å². The number of benzene rings is 1. The van der Waals surface area contributed by atoms with Crippen molar-refractivity contribution in [2.24, 2.45) is 11.8 Å². The number of piperidine rings is 2. The Balaban J connectivity index is 1.37. The van der Waals surface area contributed by atoms with Crippen LogP contribution in [0.2, 0.25) is 0 Å². The molecule has 1 N–H and O–H groups in total. The molecule has 2 atom stereocenters. The molecule has 1 aromatic heterocycles. The first-order valence-electron chi connectivity index (χ1n) is 18.8. The number of rotatable bonds is 13. The zero-order valence-electron chi connectivity index (χ0n) is 32.2. The van der Waals surface area contributed by atoms with Gasteiger partial charge in [0.05, 0.1) is 18.4 Å². The number of nitrogens with zero attached hydrogens (tertiary/aromatic N) is 3. The standard InChI is InChI=1S/C41H57FN4O7/c1-40(2,3)52-37(48)25-35(33-23-31(26-43-27-33)13-12-30-9-7-11-34(24-30)51-22-18-42)44-38(49)32-10-8-19-46(28-32)36(47)15-14-29-16-20-45(21-17-29)39(50)53-41(4,5)6/h7,9,11-13,23-24,26-27,29,32,35H,8,10,14-22,25,28H2,1-6H3,(H,44,49)/t32-,35+/m1/s1. The van der Waals surface area contributed by atoms with E-state index >= 15 is 0 Å². The summed E-state index contributed by atoms with van der Waals surface area (Å²) in [5.74, 6) is -0.152. The molecule has 0 bridgehead atoms. The summed E-state index contributed by atoms with van der Waals surface area (Å²) in [6.45, 7) is 12.5. The van der Waals surface area contributed by atoms with Crippen LogP contribution in [0.4, 0.5) is 9.18 Å². The molecule has 2 aliphatic heterocycles. The average molecular weight is 737 g/mol. The van der Waals surface area contributed by atoms with Gasteiger partial charge in [-0.05, 0) is 114 Å². The molecule has 0 unspecified atom stereocenters. The molecule has 0 radical (unpaired) electrons. The number of likely N-dealkylation sites (tertiary alicyclic amines) is 2. The van der Waals surface area contributed by atoms with Gasteiger partial charge in [0.1, 0.15) is 30.2 Å². The number of esters is 1. The van der Waals surface area contributed by atoms with Crippen molar-refractivity contribution in [2.45, 2.75) is 104 Å². The summed E-state index contributed by atoms with van der Waals surface area (Å²) in [4.78, 5) is 60.5. The second kappa shape index (κ2) is 19.0. The molecule has 2 aromatic rings. The van der Waals surface area contributed by atoms with Gasteiger partial charge in [-0.15, -0.1) is 0 Å². The van der Waals surface area contributed by atoms with Crippen molar-refractivity contribution in [1.29, 1.82) is 0 Å². The van der Waals surface area contributed by atoms with E-state index < -0.39 is 35.8 Å². The highest BCUT2D eigenvalue weighted by molar-refractivity contribution is 5.82. The first-order chi connectivity index (χ1) is 25.1. The van der Waals surface area contributed by atoms with Gasteiger partial charge in [-0.3, -0.25) is 19.4 Å². The Morgan fingerprint density at radius 1 is 0.925 bits per heavy atom. The molecule has 2 aliphatic rings. The van der Waals surface area contributed by atoms with Crippen LogP contribution in [0.3, 0.4) is 0 Å².